The molecule has 1 aliphatic rings. The number of benzene rings is 2. The van der Waals surface area contributed by atoms with E-state index in [1.807, 2.05) is 0 Å². The minimum atomic E-state index is -1.83. The van der Waals surface area contributed by atoms with Crippen LogP contribution in [0.4, 0.5) is 11.4 Å². The Labute approximate surface area is 242 Å². The molecule has 5 nitrogen and oxygen atoms in total. The Morgan fingerprint density at radius 2 is 1.80 bits per heavy atom. The monoisotopic (exact) mass is 558 g/mol. The minimum Gasteiger partial charge on any atom is -0.465 e. The van der Waals surface area contributed by atoms with Crippen LogP contribution in [-0.2, 0) is 22.0 Å². The topological polar surface area (TPSA) is 51.7 Å². The Morgan fingerprint density at radius 3 is 2.48 bits per heavy atom. The van der Waals surface area contributed by atoms with Crippen LogP contribution in [0.15, 0.2) is 60.9 Å². The number of ether oxygens (including phenoxy) is 1. The number of hydrogen-bond donors (Lipinski definition) is 0. The smallest absolute Gasteiger partial charge is 0.338 e. The Kier molecular flexibility index (Phi) is 9.21. The van der Waals surface area contributed by atoms with Crippen LogP contribution in [-0.4, -0.2) is 33.4 Å². The first-order valence-corrected chi connectivity index (χ1v) is 17.5. The van der Waals surface area contributed by atoms with Crippen molar-refractivity contribution < 1.29 is 14.0 Å². The molecule has 2 aromatic carbocycles. The maximum Gasteiger partial charge on any atom is 0.338 e. The minimum absolute atomic E-state index is 0.0799. The van der Waals surface area contributed by atoms with Crippen LogP contribution >= 0.6 is 0 Å². The molecule has 0 N–H and O–H groups in total. The summed E-state index contributed by atoms with van der Waals surface area (Å²) in [6.07, 6.45) is 8.81. The van der Waals surface area contributed by atoms with E-state index in [1.54, 1.807) is 18.5 Å². The zero-order valence-corrected chi connectivity index (χ0v) is 26.6. The zero-order valence-electron chi connectivity index (χ0n) is 25.6. The van der Waals surface area contributed by atoms with E-state index < -0.39 is 8.32 Å². The fourth-order valence-corrected chi connectivity index (χ4v) is 6.85. The zero-order chi connectivity index (χ0) is 29.1. The Bertz CT molecular complexity index is 1310. The van der Waals surface area contributed by atoms with E-state index in [0.29, 0.717) is 11.5 Å². The van der Waals surface area contributed by atoms with Crippen molar-refractivity contribution in [1.82, 2.24) is 4.98 Å². The molecule has 1 aromatic heterocycles. The number of pyridine rings is 1. The van der Waals surface area contributed by atoms with E-state index in [2.05, 4.69) is 100 Å². The Hall–Kier alpha value is -2.96. The highest BCUT2D eigenvalue weighted by molar-refractivity contribution is 6.74. The van der Waals surface area contributed by atoms with Gasteiger partial charge in [-0.05, 0) is 116 Å². The number of nitrogens with zero attached hydrogens (tertiary/aromatic N) is 2. The van der Waals surface area contributed by atoms with Gasteiger partial charge in [-0.25, -0.2) is 4.79 Å². The Balaban J connectivity index is 1.45. The first-order chi connectivity index (χ1) is 18.9. The van der Waals surface area contributed by atoms with Crippen LogP contribution in [0.3, 0.4) is 0 Å². The van der Waals surface area contributed by atoms with Gasteiger partial charge in [0.05, 0.1) is 18.8 Å². The summed E-state index contributed by atoms with van der Waals surface area (Å²) in [6, 6.07) is 17.5. The molecule has 6 heteroatoms. The Morgan fingerprint density at radius 1 is 1.10 bits per heavy atom. The summed E-state index contributed by atoms with van der Waals surface area (Å²) >= 11 is 0. The van der Waals surface area contributed by atoms with Gasteiger partial charge in [0.15, 0.2) is 8.32 Å². The molecule has 0 bridgehead atoms. The van der Waals surface area contributed by atoms with Gasteiger partial charge in [-0.1, -0.05) is 39.0 Å². The highest BCUT2D eigenvalue weighted by Crippen LogP contribution is 2.40. The summed E-state index contributed by atoms with van der Waals surface area (Å²) in [5.74, 6) is 0.190. The summed E-state index contributed by atoms with van der Waals surface area (Å²) in [5.41, 5.74) is 8.06. The first-order valence-electron chi connectivity index (χ1n) is 14.6. The lowest BCUT2D eigenvalue weighted by molar-refractivity contribution is 0.0599. The van der Waals surface area contributed by atoms with Gasteiger partial charge in [0.1, 0.15) is 0 Å². The second-order valence-corrected chi connectivity index (χ2v) is 17.5. The molecule has 0 saturated carbocycles. The van der Waals surface area contributed by atoms with E-state index >= 15 is 0 Å². The average molecular weight is 559 g/mol. The summed E-state index contributed by atoms with van der Waals surface area (Å²) in [5, 5.41) is 0.192. The number of rotatable bonds is 9. The fraction of sp³-hybridized carbons (Fsp3) is 0.471. The number of esters is 1. The lowest BCUT2D eigenvalue weighted by atomic mass is 9.79. The van der Waals surface area contributed by atoms with E-state index in [0.717, 1.165) is 24.8 Å². The molecule has 40 heavy (non-hydrogen) atoms. The number of carbonyl (C=O) groups is 1. The van der Waals surface area contributed by atoms with Crippen LogP contribution in [0.25, 0.3) is 0 Å². The number of hydrogen-bond acceptors (Lipinski definition) is 5. The lowest BCUT2D eigenvalue weighted by Gasteiger charge is -2.38. The molecular formula is C34H46N2O3Si. The third kappa shape index (κ3) is 6.67. The molecule has 3 aromatic rings. The van der Waals surface area contributed by atoms with Crippen LogP contribution < -0.4 is 4.90 Å². The van der Waals surface area contributed by atoms with Crippen molar-refractivity contribution in [2.24, 2.45) is 0 Å². The SMILES string of the molecule is COC(=O)c1ccncc1CCC1CCCc2cc(N(C)c3ccc(C(C)O[Si](C)(C)C(C)(C)C)cc3)ccc21. The molecule has 0 saturated heterocycles. The van der Waals surface area contributed by atoms with Gasteiger partial charge in [0.2, 0.25) is 0 Å². The van der Waals surface area contributed by atoms with Gasteiger partial charge >= 0.3 is 5.97 Å². The molecule has 4 rings (SSSR count). The molecule has 0 radical (unpaired) electrons. The second-order valence-electron chi connectivity index (χ2n) is 12.7. The first kappa shape index (κ1) is 30.0. The van der Waals surface area contributed by atoms with Crippen LogP contribution in [0.5, 0.6) is 0 Å². The molecule has 0 amide bonds. The van der Waals surface area contributed by atoms with Gasteiger partial charge in [0.25, 0.3) is 0 Å². The van der Waals surface area contributed by atoms with Gasteiger partial charge in [-0.3, -0.25) is 4.98 Å². The number of carbonyl (C=O) groups excluding carboxylic acids is 1. The van der Waals surface area contributed by atoms with E-state index in [-0.39, 0.29) is 17.1 Å². The molecule has 0 fully saturated rings. The number of fused-ring (bicyclic) bond motifs is 1. The van der Waals surface area contributed by atoms with Crippen molar-refractivity contribution in [3.63, 3.8) is 0 Å². The van der Waals surface area contributed by atoms with Gasteiger partial charge in [0, 0.05) is 30.8 Å². The normalized spacial score (nSPS) is 16.2. The van der Waals surface area contributed by atoms with E-state index in [4.69, 9.17) is 9.16 Å². The molecule has 2 unspecified atom stereocenters. The largest absolute Gasteiger partial charge is 0.465 e. The van der Waals surface area contributed by atoms with E-state index in [9.17, 15) is 4.79 Å². The third-order valence-electron chi connectivity index (χ3n) is 9.05. The van der Waals surface area contributed by atoms with Crippen molar-refractivity contribution in [2.75, 3.05) is 19.1 Å². The van der Waals surface area contributed by atoms with Crippen LogP contribution in [0, 0.1) is 0 Å². The summed E-state index contributed by atoms with van der Waals surface area (Å²) in [7, 11) is 1.74. The number of aryl methyl sites for hydroxylation is 2. The van der Waals surface area contributed by atoms with Gasteiger partial charge < -0.3 is 14.1 Å². The number of aromatic nitrogens is 1. The van der Waals surface area contributed by atoms with E-state index in [1.165, 1.54) is 48.0 Å². The van der Waals surface area contributed by atoms with Crippen LogP contribution in [0.2, 0.25) is 18.1 Å². The molecule has 1 aliphatic carbocycles. The predicted molar refractivity (Wildman–Crippen MR) is 167 cm³/mol. The fourth-order valence-electron chi connectivity index (χ4n) is 5.48. The average Bonchev–Trinajstić information content (AvgIpc) is 2.94. The van der Waals surface area contributed by atoms with Crippen molar-refractivity contribution in [3.05, 3.63) is 88.7 Å². The number of anilines is 2. The quantitative estimate of drug-likeness (QED) is 0.194. The van der Waals surface area contributed by atoms with Crippen LogP contribution in [0.1, 0.15) is 91.6 Å². The summed E-state index contributed by atoms with van der Waals surface area (Å²) in [4.78, 5) is 18.7. The van der Waals surface area contributed by atoms with Gasteiger partial charge in [-0.2, -0.15) is 0 Å². The molecule has 1 heterocycles. The standard InChI is InChI=1S/C34H46N2O3Si/c1-24(39-40(7,8)34(2,3)4)25-14-16-29(17-15-25)36(5)30-18-19-31-26(10-9-11-27(31)22-30)12-13-28-23-35-21-20-32(28)33(37)38-6/h14-24,26H,9-13H2,1-8H3. The highest BCUT2D eigenvalue weighted by Gasteiger charge is 2.38. The van der Waals surface area contributed by atoms with Crippen molar-refractivity contribution >= 4 is 25.7 Å². The lowest BCUT2D eigenvalue weighted by Crippen LogP contribution is -2.41. The molecular weight excluding hydrogens is 512 g/mol. The maximum atomic E-state index is 12.2. The predicted octanol–water partition coefficient (Wildman–Crippen LogP) is 8.77. The summed E-state index contributed by atoms with van der Waals surface area (Å²) < 4.78 is 11.6. The second kappa shape index (κ2) is 12.3. The molecule has 0 aliphatic heterocycles. The highest BCUT2D eigenvalue weighted by atomic mass is 28.4. The van der Waals surface area contributed by atoms with Crippen molar-refractivity contribution in [3.8, 4) is 0 Å². The molecule has 2 atom stereocenters. The van der Waals surface area contributed by atoms with Crippen molar-refractivity contribution in [2.45, 2.75) is 90.0 Å². The molecule has 214 valence electrons. The number of methoxy groups -OCH3 is 1. The van der Waals surface area contributed by atoms with Crippen molar-refractivity contribution in [1.29, 1.82) is 0 Å². The maximum absolute atomic E-state index is 12.2. The van der Waals surface area contributed by atoms with Gasteiger partial charge in [-0.15, -0.1) is 0 Å². The molecule has 0 spiro atoms. The summed E-state index contributed by atoms with van der Waals surface area (Å²) in [6.45, 7) is 13.6. The third-order valence-corrected chi connectivity index (χ3v) is 13.6.